The topological polar surface area (TPSA) is 20.2 Å². The summed E-state index contributed by atoms with van der Waals surface area (Å²) in [5.41, 5.74) is 0. The van der Waals surface area contributed by atoms with Crippen molar-refractivity contribution in [3.63, 3.8) is 0 Å². The molecule has 0 aromatic carbocycles. The monoisotopic (exact) mass is 126 g/mol. The van der Waals surface area contributed by atoms with Crippen molar-refractivity contribution in [2.24, 2.45) is 17.8 Å². The Bertz CT molecular complexity index is 122. The summed E-state index contributed by atoms with van der Waals surface area (Å²) in [6, 6.07) is 0. The van der Waals surface area contributed by atoms with Crippen molar-refractivity contribution < 1.29 is 5.11 Å². The quantitative estimate of drug-likeness (QED) is 0.520. The SMILES string of the molecule is C[C@@H]1C[C@@H]2C[C@@H]2[C@H](O)C1. The maximum atomic E-state index is 9.39. The predicted molar refractivity (Wildman–Crippen MR) is 36.0 cm³/mol. The molecule has 0 saturated heterocycles. The summed E-state index contributed by atoms with van der Waals surface area (Å²) in [6.45, 7) is 2.25. The first-order valence-electron chi connectivity index (χ1n) is 3.95. The van der Waals surface area contributed by atoms with E-state index in [0.717, 1.165) is 18.3 Å². The summed E-state index contributed by atoms with van der Waals surface area (Å²) in [4.78, 5) is 0. The van der Waals surface area contributed by atoms with Gasteiger partial charge in [0.25, 0.3) is 0 Å². The fraction of sp³-hybridized carbons (Fsp3) is 1.00. The molecule has 2 fully saturated rings. The minimum absolute atomic E-state index is 0.0544. The van der Waals surface area contributed by atoms with E-state index < -0.39 is 0 Å². The van der Waals surface area contributed by atoms with E-state index in [-0.39, 0.29) is 6.10 Å². The average molecular weight is 126 g/mol. The minimum Gasteiger partial charge on any atom is -0.393 e. The fourth-order valence-electron chi connectivity index (χ4n) is 2.21. The lowest BCUT2D eigenvalue weighted by Gasteiger charge is -2.21. The van der Waals surface area contributed by atoms with E-state index in [2.05, 4.69) is 6.92 Å². The molecule has 2 aliphatic carbocycles. The second-order valence-corrected chi connectivity index (χ2v) is 3.80. The van der Waals surface area contributed by atoms with Crippen molar-refractivity contribution in [2.45, 2.75) is 32.3 Å². The van der Waals surface area contributed by atoms with E-state index in [1.807, 2.05) is 0 Å². The smallest absolute Gasteiger partial charge is 0.0573 e. The van der Waals surface area contributed by atoms with Gasteiger partial charge in [-0.05, 0) is 37.0 Å². The van der Waals surface area contributed by atoms with Gasteiger partial charge >= 0.3 is 0 Å². The summed E-state index contributed by atoms with van der Waals surface area (Å²) in [6.07, 6.45) is 3.80. The summed E-state index contributed by atoms with van der Waals surface area (Å²) in [5.74, 6) is 2.40. The normalized spacial score (nSPS) is 56.7. The lowest BCUT2D eigenvalue weighted by molar-refractivity contribution is 0.0934. The number of hydrogen-bond donors (Lipinski definition) is 1. The molecule has 2 saturated carbocycles. The van der Waals surface area contributed by atoms with Gasteiger partial charge in [-0.3, -0.25) is 0 Å². The molecular formula is C8H14O. The molecule has 0 heterocycles. The van der Waals surface area contributed by atoms with Gasteiger partial charge in [0.05, 0.1) is 6.10 Å². The van der Waals surface area contributed by atoms with Gasteiger partial charge < -0.3 is 5.11 Å². The molecule has 0 bridgehead atoms. The van der Waals surface area contributed by atoms with Crippen LogP contribution in [0.3, 0.4) is 0 Å². The fourth-order valence-corrected chi connectivity index (χ4v) is 2.21. The zero-order valence-electron chi connectivity index (χ0n) is 5.88. The first-order chi connectivity index (χ1) is 4.27. The van der Waals surface area contributed by atoms with Crippen LogP contribution in [0.2, 0.25) is 0 Å². The van der Waals surface area contributed by atoms with Crippen LogP contribution >= 0.6 is 0 Å². The molecule has 4 atom stereocenters. The average Bonchev–Trinajstić information content (AvgIpc) is 2.43. The summed E-state index contributed by atoms with van der Waals surface area (Å²) < 4.78 is 0. The Labute approximate surface area is 56.1 Å². The maximum Gasteiger partial charge on any atom is 0.0573 e. The van der Waals surface area contributed by atoms with Crippen LogP contribution in [-0.4, -0.2) is 11.2 Å². The highest BCUT2D eigenvalue weighted by atomic mass is 16.3. The first-order valence-corrected chi connectivity index (χ1v) is 3.95. The Morgan fingerprint density at radius 2 is 2.00 bits per heavy atom. The second kappa shape index (κ2) is 1.72. The molecule has 9 heavy (non-hydrogen) atoms. The highest BCUT2D eigenvalue weighted by Crippen LogP contribution is 2.51. The lowest BCUT2D eigenvalue weighted by atomic mass is 9.89. The van der Waals surface area contributed by atoms with E-state index in [4.69, 9.17) is 0 Å². The highest BCUT2D eigenvalue weighted by Gasteiger charge is 2.46. The summed E-state index contributed by atoms with van der Waals surface area (Å²) in [5, 5.41) is 9.39. The Balaban J connectivity index is 1.99. The van der Waals surface area contributed by atoms with Crippen molar-refractivity contribution in [1.29, 1.82) is 0 Å². The van der Waals surface area contributed by atoms with Crippen LogP contribution in [0.5, 0.6) is 0 Å². The number of rotatable bonds is 0. The van der Waals surface area contributed by atoms with Gasteiger partial charge in [0.1, 0.15) is 0 Å². The molecule has 0 aliphatic heterocycles. The van der Waals surface area contributed by atoms with Gasteiger partial charge in [0, 0.05) is 0 Å². The van der Waals surface area contributed by atoms with Crippen molar-refractivity contribution >= 4 is 0 Å². The first kappa shape index (κ1) is 5.72. The Hall–Kier alpha value is -0.0400. The van der Waals surface area contributed by atoms with Crippen molar-refractivity contribution in [2.75, 3.05) is 0 Å². The van der Waals surface area contributed by atoms with Gasteiger partial charge in [-0.25, -0.2) is 0 Å². The van der Waals surface area contributed by atoms with Crippen LogP contribution in [0.4, 0.5) is 0 Å². The lowest BCUT2D eigenvalue weighted by Crippen LogP contribution is -2.20. The number of hydrogen-bond acceptors (Lipinski definition) is 1. The minimum atomic E-state index is 0.0544. The zero-order valence-corrected chi connectivity index (χ0v) is 5.88. The van der Waals surface area contributed by atoms with Crippen molar-refractivity contribution in [3.8, 4) is 0 Å². The van der Waals surface area contributed by atoms with Crippen molar-refractivity contribution in [1.82, 2.24) is 0 Å². The Kier molecular flexibility index (Phi) is 1.10. The van der Waals surface area contributed by atoms with E-state index in [0.29, 0.717) is 5.92 Å². The van der Waals surface area contributed by atoms with Crippen LogP contribution in [0, 0.1) is 17.8 Å². The second-order valence-electron chi connectivity index (χ2n) is 3.80. The maximum absolute atomic E-state index is 9.39. The molecular weight excluding hydrogens is 112 g/mol. The third kappa shape index (κ3) is 0.877. The predicted octanol–water partition coefficient (Wildman–Crippen LogP) is 1.41. The summed E-state index contributed by atoms with van der Waals surface area (Å²) >= 11 is 0. The van der Waals surface area contributed by atoms with Gasteiger partial charge in [-0.1, -0.05) is 6.92 Å². The molecule has 1 nitrogen and oxygen atoms in total. The van der Waals surface area contributed by atoms with E-state index in [9.17, 15) is 5.11 Å². The summed E-state index contributed by atoms with van der Waals surface area (Å²) in [7, 11) is 0. The van der Waals surface area contributed by atoms with Crippen LogP contribution in [0.15, 0.2) is 0 Å². The molecule has 0 unspecified atom stereocenters. The van der Waals surface area contributed by atoms with Crippen molar-refractivity contribution in [3.05, 3.63) is 0 Å². The molecule has 1 heteroatoms. The third-order valence-electron chi connectivity index (χ3n) is 2.82. The van der Waals surface area contributed by atoms with Gasteiger partial charge in [0.15, 0.2) is 0 Å². The molecule has 0 spiro atoms. The molecule has 2 aliphatic rings. The molecule has 0 amide bonds. The Morgan fingerprint density at radius 1 is 1.22 bits per heavy atom. The molecule has 52 valence electrons. The molecule has 0 aromatic rings. The molecule has 0 aromatic heterocycles. The highest BCUT2D eigenvalue weighted by molar-refractivity contribution is 4.96. The van der Waals surface area contributed by atoms with Gasteiger partial charge in [-0.15, -0.1) is 0 Å². The standard InChI is InChI=1S/C8H14O/c1-5-2-6-4-7(6)8(9)3-5/h5-9H,2-4H2,1H3/t5-,6-,7+,8-/m1/s1. The number of aliphatic hydroxyl groups is 1. The largest absolute Gasteiger partial charge is 0.393 e. The van der Waals surface area contributed by atoms with E-state index >= 15 is 0 Å². The zero-order chi connectivity index (χ0) is 6.43. The van der Waals surface area contributed by atoms with Crippen LogP contribution in [-0.2, 0) is 0 Å². The van der Waals surface area contributed by atoms with Gasteiger partial charge in [-0.2, -0.15) is 0 Å². The van der Waals surface area contributed by atoms with Crippen LogP contribution in [0.1, 0.15) is 26.2 Å². The molecule has 2 rings (SSSR count). The molecule has 1 N–H and O–H groups in total. The van der Waals surface area contributed by atoms with E-state index in [1.54, 1.807) is 0 Å². The number of aliphatic hydroxyl groups excluding tert-OH is 1. The molecule has 0 radical (unpaired) electrons. The van der Waals surface area contributed by atoms with E-state index in [1.165, 1.54) is 12.8 Å². The number of fused-ring (bicyclic) bond motifs is 1. The third-order valence-corrected chi connectivity index (χ3v) is 2.82. The Morgan fingerprint density at radius 3 is 2.67 bits per heavy atom. The van der Waals surface area contributed by atoms with Gasteiger partial charge in [0.2, 0.25) is 0 Å². The van der Waals surface area contributed by atoms with Crippen LogP contribution in [0.25, 0.3) is 0 Å². The van der Waals surface area contributed by atoms with Crippen LogP contribution < -0.4 is 0 Å².